The number of ether oxygens (including phenoxy) is 2. The first-order valence-corrected chi connectivity index (χ1v) is 12.2. The van der Waals surface area contributed by atoms with Gasteiger partial charge in [0.05, 0.1) is 34.4 Å². The molecule has 1 aliphatic heterocycles. The van der Waals surface area contributed by atoms with E-state index in [-0.39, 0.29) is 28.6 Å². The van der Waals surface area contributed by atoms with E-state index in [1.165, 1.54) is 22.5 Å². The highest BCUT2D eigenvalue weighted by molar-refractivity contribution is 7.81. The molecule has 182 valence electrons. The minimum absolute atomic E-state index is 0.0758. The summed E-state index contributed by atoms with van der Waals surface area (Å²) in [5.41, 5.74) is 0.861. The maximum absolute atomic E-state index is 13.9. The van der Waals surface area contributed by atoms with Crippen molar-refractivity contribution in [1.29, 1.82) is 0 Å². The van der Waals surface area contributed by atoms with Crippen molar-refractivity contribution in [3.05, 3.63) is 29.4 Å². The van der Waals surface area contributed by atoms with Crippen LogP contribution in [0.2, 0.25) is 0 Å². The second-order valence-electron chi connectivity index (χ2n) is 6.98. The molecule has 0 aromatic carbocycles. The molecule has 0 radical (unpaired) electrons. The van der Waals surface area contributed by atoms with E-state index >= 15 is 0 Å². The summed E-state index contributed by atoms with van der Waals surface area (Å²) < 4.78 is 78.4. The lowest BCUT2D eigenvalue weighted by molar-refractivity contribution is -0.0518. The minimum atomic E-state index is -3.08. The number of nitrogens with zero attached hydrogens (tertiary/aromatic N) is 4. The van der Waals surface area contributed by atoms with Gasteiger partial charge in [-0.25, -0.2) is 22.7 Å². The topological polar surface area (TPSA) is 121 Å². The van der Waals surface area contributed by atoms with E-state index in [9.17, 15) is 21.8 Å². The molecule has 0 fully saturated rings. The molecule has 4 aromatic rings. The summed E-state index contributed by atoms with van der Waals surface area (Å²) >= 11 is 0.917. The van der Waals surface area contributed by atoms with Gasteiger partial charge in [-0.3, -0.25) is 5.14 Å². The van der Waals surface area contributed by atoms with Crippen molar-refractivity contribution >= 4 is 33.6 Å². The predicted octanol–water partition coefficient (Wildman–Crippen LogP) is 4.11. The van der Waals surface area contributed by atoms with Gasteiger partial charge in [0.2, 0.25) is 11.8 Å². The van der Waals surface area contributed by atoms with Crippen molar-refractivity contribution in [2.24, 2.45) is 5.14 Å². The molecule has 0 saturated carbocycles. The average molecular weight is 519 g/mol. The third kappa shape index (κ3) is 4.76. The van der Waals surface area contributed by atoms with Gasteiger partial charge in [-0.15, -0.1) is 0 Å². The number of aromatic nitrogens is 5. The molecule has 0 bridgehead atoms. The molecule has 5 rings (SSSR count). The van der Waals surface area contributed by atoms with Crippen LogP contribution in [0, 0.1) is 0 Å². The van der Waals surface area contributed by atoms with Crippen molar-refractivity contribution in [2.45, 2.75) is 26.0 Å². The highest BCUT2D eigenvalue weighted by Crippen LogP contribution is 2.48. The highest BCUT2D eigenvalue weighted by Gasteiger charge is 2.33. The van der Waals surface area contributed by atoms with Crippen molar-refractivity contribution in [3.63, 3.8) is 0 Å². The van der Waals surface area contributed by atoms with E-state index in [1.54, 1.807) is 12.1 Å². The lowest BCUT2D eigenvalue weighted by Crippen LogP contribution is -2.15. The van der Waals surface area contributed by atoms with Crippen LogP contribution in [-0.4, -0.2) is 47.8 Å². The molecule has 9 nitrogen and oxygen atoms in total. The van der Waals surface area contributed by atoms with Gasteiger partial charge < -0.3 is 14.5 Å². The molecule has 0 amide bonds. The predicted molar refractivity (Wildman–Crippen MR) is 118 cm³/mol. The molecule has 15 heteroatoms. The Labute approximate surface area is 196 Å². The molecule has 4 aromatic heterocycles. The lowest BCUT2D eigenvalue weighted by Gasteiger charge is -2.16. The van der Waals surface area contributed by atoms with Gasteiger partial charge in [0.15, 0.2) is 0 Å². The number of halogens is 4. The van der Waals surface area contributed by atoms with E-state index in [0.717, 1.165) is 11.5 Å². The van der Waals surface area contributed by atoms with E-state index in [4.69, 9.17) is 4.74 Å². The first-order valence-electron chi connectivity index (χ1n) is 9.74. The summed E-state index contributed by atoms with van der Waals surface area (Å²) in [7, 11) is -1.11. The molecule has 1 unspecified atom stereocenters. The molecular formula is C19H18F4N6O3S2. The monoisotopic (exact) mass is 518 g/mol. The van der Waals surface area contributed by atoms with Crippen LogP contribution in [0.25, 0.3) is 33.4 Å². The summed E-state index contributed by atoms with van der Waals surface area (Å²) in [5, 5.41) is 10.7. The molecule has 3 N–H and O–H groups in total. The quantitative estimate of drug-likeness (QED) is 0.384. The zero-order valence-electron chi connectivity index (χ0n) is 17.5. The second kappa shape index (κ2) is 10.1. The number of pyridine rings is 1. The number of rotatable bonds is 5. The van der Waals surface area contributed by atoms with Crippen molar-refractivity contribution in [1.82, 2.24) is 24.1 Å². The molecule has 0 aliphatic carbocycles. The van der Waals surface area contributed by atoms with Crippen LogP contribution in [0.4, 0.5) is 17.6 Å². The van der Waals surface area contributed by atoms with Gasteiger partial charge in [0.1, 0.15) is 11.3 Å². The standard InChI is InChI=1S/C18H13F4N5O2S.CH5NOS/c19-14(20)13-11(17-27(25-13)5-2-6-28-17)12-10(8-3-1-4-23-15(8)24-12)9-7-30-26-16(9)29-18(21)22;1-4(2)3/h1,3-4,7,14,18H,2,5-6H2,(H,23,24);2H2,1H3. The lowest BCUT2D eigenvalue weighted by atomic mass is 10.0. The Morgan fingerprint density at radius 1 is 1.32 bits per heavy atom. The number of alkyl halides is 4. The number of nitrogens with two attached hydrogens (primary N) is 1. The Morgan fingerprint density at radius 3 is 2.79 bits per heavy atom. The largest absolute Gasteiger partial charge is 0.477 e. The number of H-pyrrole nitrogens is 1. The number of aryl methyl sites for hydroxylation is 1. The first-order chi connectivity index (χ1) is 16.3. The summed E-state index contributed by atoms with van der Waals surface area (Å²) in [6.07, 6.45) is 0.720. The molecular weight excluding hydrogens is 500 g/mol. The maximum Gasteiger partial charge on any atom is 0.388 e. The summed E-state index contributed by atoms with van der Waals surface area (Å²) in [4.78, 5) is 7.28. The van der Waals surface area contributed by atoms with Crippen LogP contribution < -0.4 is 14.6 Å². The number of aromatic amines is 1. The SMILES string of the molecule is CS(N)=O.FC(F)Oc1nscc1-c1c(-c2c(C(F)F)nn3c2OCCC3)[nH]c2ncccc12. The highest BCUT2D eigenvalue weighted by atomic mass is 32.2. The van der Waals surface area contributed by atoms with Crippen LogP contribution in [0.5, 0.6) is 11.8 Å². The van der Waals surface area contributed by atoms with Gasteiger partial charge in [-0.05, 0) is 23.7 Å². The normalized spacial score (nSPS) is 14.0. The van der Waals surface area contributed by atoms with Gasteiger partial charge >= 0.3 is 6.61 Å². The maximum atomic E-state index is 13.9. The minimum Gasteiger partial charge on any atom is -0.477 e. The molecule has 34 heavy (non-hydrogen) atoms. The van der Waals surface area contributed by atoms with E-state index in [0.29, 0.717) is 36.2 Å². The Balaban J connectivity index is 0.000000636. The van der Waals surface area contributed by atoms with Crippen LogP contribution in [0.1, 0.15) is 18.5 Å². The Kier molecular flexibility index (Phi) is 7.13. The van der Waals surface area contributed by atoms with Crippen LogP contribution in [-0.2, 0) is 17.5 Å². The Morgan fingerprint density at radius 2 is 2.09 bits per heavy atom. The van der Waals surface area contributed by atoms with Crippen molar-refractivity contribution in [2.75, 3.05) is 12.9 Å². The number of hydrogen-bond acceptors (Lipinski definition) is 7. The van der Waals surface area contributed by atoms with Gasteiger partial charge in [0, 0.05) is 41.7 Å². The zero-order chi connectivity index (χ0) is 24.4. The van der Waals surface area contributed by atoms with Crippen molar-refractivity contribution < 1.29 is 31.2 Å². The smallest absolute Gasteiger partial charge is 0.388 e. The van der Waals surface area contributed by atoms with E-state index in [2.05, 4.69) is 29.3 Å². The van der Waals surface area contributed by atoms with E-state index in [1.807, 2.05) is 0 Å². The van der Waals surface area contributed by atoms with Crippen molar-refractivity contribution in [3.8, 4) is 34.1 Å². The van der Waals surface area contributed by atoms with Crippen LogP contribution in [0.3, 0.4) is 0 Å². The molecule has 1 atom stereocenters. The fourth-order valence-electron chi connectivity index (χ4n) is 3.58. The fourth-order valence-corrected chi connectivity index (χ4v) is 4.20. The van der Waals surface area contributed by atoms with Crippen LogP contribution >= 0.6 is 11.5 Å². The molecule has 5 heterocycles. The van der Waals surface area contributed by atoms with E-state index < -0.39 is 29.7 Å². The van der Waals surface area contributed by atoms with Gasteiger partial charge in [0.25, 0.3) is 6.43 Å². The summed E-state index contributed by atoms with van der Waals surface area (Å²) in [6.45, 7) is -2.29. The summed E-state index contributed by atoms with van der Waals surface area (Å²) in [5.74, 6) is -0.0922. The molecule has 0 saturated heterocycles. The first kappa shape index (κ1) is 24.1. The molecule has 1 aliphatic rings. The Bertz CT molecular complexity index is 1320. The van der Waals surface area contributed by atoms with Crippen LogP contribution in [0.15, 0.2) is 23.7 Å². The molecule has 0 spiro atoms. The average Bonchev–Trinajstić information content (AvgIpc) is 3.47. The Hall–Kier alpha value is -3.04. The second-order valence-corrected chi connectivity index (χ2v) is 8.60. The summed E-state index contributed by atoms with van der Waals surface area (Å²) in [6, 6.07) is 3.37. The van der Waals surface area contributed by atoms with Gasteiger partial charge in [-0.1, -0.05) is 0 Å². The third-order valence-electron chi connectivity index (χ3n) is 4.72. The number of hydrogen-bond donors (Lipinski definition) is 2. The number of fused-ring (bicyclic) bond motifs is 2. The third-order valence-corrected chi connectivity index (χ3v) is 5.33. The zero-order valence-corrected chi connectivity index (χ0v) is 19.1. The fraction of sp³-hybridized carbons (Fsp3) is 0.316. The van der Waals surface area contributed by atoms with Gasteiger partial charge in [-0.2, -0.15) is 18.3 Å². The number of nitrogens with one attached hydrogen (secondary N) is 1.